The highest BCUT2D eigenvalue weighted by molar-refractivity contribution is 5.62. The molecule has 0 saturated heterocycles. The molecule has 0 atom stereocenters. The first-order valence-electron chi connectivity index (χ1n) is 6.58. The molecule has 5 heteroatoms. The first-order chi connectivity index (χ1) is 10.2. The van der Waals surface area contributed by atoms with Gasteiger partial charge in [0.15, 0.2) is 5.82 Å². The Morgan fingerprint density at radius 2 is 1.81 bits per heavy atom. The molecule has 2 aromatic carbocycles. The fraction of sp³-hybridized carbons (Fsp3) is 0.125. The fourth-order valence-corrected chi connectivity index (χ4v) is 2.08. The SMILES string of the molecule is Oc1cccc(F)c1-c1nc(CCc2ccccc2)no1. The van der Waals surface area contributed by atoms with Gasteiger partial charge in [-0.3, -0.25) is 0 Å². The van der Waals surface area contributed by atoms with Crippen LogP contribution in [0.15, 0.2) is 53.1 Å². The number of aromatic nitrogens is 2. The van der Waals surface area contributed by atoms with E-state index in [0.717, 1.165) is 12.0 Å². The zero-order chi connectivity index (χ0) is 14.7. The largest absolute Gasteiger partial charge is 0.507 e. The molecule has 0 spiro atoms. The molecular weight excluding hydrogens is 271 g/mol. The van der Waals surface area contributed by atoms with Gasteiger partial charge < -0.3 is 9.63 Å². The number of halogens is 1. The summed E-state index contributed by atoms with van der Waals surface area (Å²) >= 11 is 0. The number of phenolic OH excluding ortho intramolecular Hbond substituents is 1. The van der Waals surface area contributed by atoms with E-state index in [1.165, 1.54) is 18.2 Å². The van der Waals surface area contributed by atoms with Gasteiger partial charge in [-0.1, -0.05) is 41.6 Å². The van der Waals surface area contributed by atoms with Crippen LogP contribution in [-0.2, 0) is 12.8 Å². The molecule has 0 radical (unpaired) electrons. The van der Waals surface area contributed by atoms with Gasteiger partial charge in [0.25, 0.3) is 5.89 Å². The van der Waals surface area contributed by atoms with Crippen molar-refractivity contribution in [3.05, 3.63) is 65.7 Å². The maximum absolute atomic E-state index is 13.7. The highest BCUT2D eigenvalue weighted by atomic mass is 19.1. The lowest BCUT2D eigenvalue weighted by molar-refractivity contribution is 0.413. The molecule has 0 saturated carbocycles. The van der Waals surface area contributed by atoms with Gasteiger partial charge in [0, 0.05) is 6.42 Å². The average molecular weight is 284 g/mol. The van der Waals surface area contributed by atoms with Crippen molar-refractivity contribution in [3.63, 3.8) is 0 Å². The van der Waals surface area contributed by atoms with Crippen LogP contribution in [-0.4, -0.2) is 15.2 Å². The highest BCUT2D eigenvalue weighted by Gasteiger charge is 2.17. The Morgan fingerprint density at radius 3 is 2.57 bits per heavy atom. The first kappa shape index (κ1) is 13.3. The second-order valence-electron chi connectivity index (χ2n) is 4.64. The van der Waals surface area contributed by atoms with Crippen LogP contribution in [0.3, 0.4) is 0 Å². The van der Waals surface area contributed by atoms with Crippen molar-refractivity contribution in [1.29, 1.82) is 0 Å². The Morgan fingerprint density at radius 1 is 1.00 bits per heavy atom. The Bertz CT molecular complexity index is 721. The molecule has 4 nitrogen and oxygen atoms in total. The van der Waals surface area contributed by atoms with Crippen molar-refractivity contribution in [3.8, 4) is 17.2 Å². The number of nitrogens with zero attached hydrogens (tertiary/aromatic N) is 2. The van der Waals surface area contributed by atoms with Crippen molar-refractivity contribution in [2.45, 2.75) is 12.8 Å². The topological polar surface area (TPSA) is 59.2 Å². The van der Waals surface area contributed by atoms with E-state index >= 15 is 0 Å². The van der Waals surface area contributed by atoms with Crippen molar-refractivity contribution in [2.75, 3.05) is 0 Å². The van der Waals surface area contributed by atoms with E-state index in [-0.39, 0.29) is 17.2 Å². The second-order valence-corrected chi connectivity index (χ2v) is 4.64. The summed E-state index contributed by atoms with van der Waals surface area (Å²) in [7, 11) is 0. The molecule has 0 aliphatic carbocycles. The van der Waals surface area contributed by atoms with Gasteiger partial charge in [-0.2, -0.15) is 4.98 Å². The van der Waals surface area contributed by atoms with E-state index < -0.39 is 5.82 Å². The maximum Gasteiger partial charge on any atom is 0.264 e. The number of aryl methyl sites for hydroxylation is 2. The minimum atomic E-state index is -0.590. The van der Waals surface area contributed by atoms with E-state index in [4.69, 9.17) is 4.52 Å². The first-order valence-corrected chi connectivity index (χ1v) is 6.58. The normalized spacial score (nSPS) is 10.7. The van der Waals surface area contributed by atoms with Crippen LogP contribution in [0.2, 0.25) is 0 Å². The molecule has 3 aromatic rings. The van der Waals surface area contributed by atoms with Gasteiger partial charge in [-0.25, -0.2) is 4.39 Å². The molecule has 1 N–H and O–H groups in total. The Labute approximate surface area is 120 Å². The van der Waals surface area contributed by atoms with Gasteiger partial charge >= 0.3 is 0 Å². The van der Waals surface area contributed by atoms with Gasteiger partial charge in [-0.15, -0.1) is 0 Å². The van der Waals surface area contributed by atoms with Crippen LogP contribution >= 0.6 is 0 Å². The minimum Gasteiger partial charge on any atom is -0.507 e. The van der Waals surface area contributed by atoms with Crippen molar-refractivity contribution in [2.24, 2.45) is 0 Å². The summed E-state index contributed by atoms with van der Waals surface area (Å²) in [6.45, 7) is 0. The summed E-state index contributed by atoms with van der Waals surface area (Å²) in [5.41, 5.74) is 1.11. The molecule has 0 amide bonds. The molecule has 106 valence electrons. The van der Waals surface area contributed by atoms with Crippen LogP contribution < -0.4 is 0 Å². The summed E-state index contributed by atoms with van der Waals surface area (Å²) < 4.78 is 18.7. The number of hydrogen-bond donors (Lipinski definition) is 1. The lowest BCUT2D eigenvalue weighted by atomic mass is 10.1. The monoisotopic (exact) mass is 284 g/mol. The smallest absolute Gasteiger partial charge is 0.264 e. The van der Waals surface area contributed by atoms with Crippen LogP contribution in [0.4, 0.5) is 4.39 Å². The summed E-state index contributed by atoms with van der Waals surface area (Å²) in [6, 6.07) is 14.0. The second kappa shape index (κ2) is 5.75. The summed E-state index contributed by atoms with van der Waals surface area (Å²) in [5, 5.41) is 13.5. The van der Waals surface area contributed by atoms with Crippen LogP contribution in [0, 0.1) is 5.82 Å². The van der Waals surface area contributed by atoms with Crippen molar-refractivity contribution < 1.29 is 14.0 Å². The highest BCUT2D eigenvalue weighted by Crippen LogP contribution is 2.30. The average Bonchev–Trinajstić information content (AvgIpc) is 2.95. The van der Waals surface area contributed by atoms with Gasteiger partial charge in [0.1, 0.15) is 17.1 Å². The number of rotatable bonds is 4. The van der Waals surface area contributed by atoms with E-state index in [1.54, 1.807) is 0 Å². The summed E-state index contributed by atoms with van der Waals surface area (Å²) in [4.78, 5) is 4.14. The molecule has 21 heavy (non-hydrogen) atoms. The van der Waals surface area contributed by atoms with Crippen LogP contribution in [0.1, 0.15) is 11.4 Å². The fourth-order valence-electron chi connectivity index (χ4n) is 2.08. The van der Waals surface area contributed by atoms with E-state index in [1.807, 2.05) is 30.3 Å². The predicted molar refractivity (Wildman–Crippen MR) is 75.2 cm³/mol. The molecule has 3 rings (SSSR count). The lowest BCUT2D eigenvalue weighted by Crippen LogP contribution is -1.93. The summed E-state index contributed by atoms with van der Waals surface area (Å²) in [5.74, 6) is -0.327. The Hall–Kier alpha value is -2.69. The van der Waals surface area contributed by atoms with Crippen LogP contribution in [0.25, 0.3) is 11.5 Å². The quantitative estimate of drug-likeness (QED) is 0.798. The Kier molecular flexibility index (Phi) is 3.64. The standard InChI is InChI=1S/C16H13FN2O2/c17-12-7-4-8-13(20)15(12)16-18-14(19-21-16)10-9-11-5-2-1-3-6-11/h1-8,20H,9-10H2. The summed E-state index contributed by atoms with van der Waals surface area (Å²) in [6.07, 6.45) is 1.35. The third kappa shape index (κ3) is 2.91. The van der Waals surface area contributed by atoms with Crippen molar-refractivity contribution in [1.82, 2.24) is 10.1 Å². The molecule has 0 bridgehead atoms. The van der Waals surface area contributed by atoms with E-state index in [2.05, 4.69) is 10.1 Å². The van der Waals surface area contributed by atoms with Gasteiger partial charge in [0.05, 0.1) is 0 Å². The van der Waals surface area contributed by atoms with Crippen molar-refractivity contribution >= 4 is 0 Å². The number of aromatic hydroxyl groups is 1. The van der Waals surface area contributed by atoms with Gasteiger partial charge in [0.2, 0.25) is 0 Å². The number of phenols is 1. The van der Waals surface area contributed by atoms with E-state index in [0.29, 0.717) is 12.2 Å². The molecule has 1 heterocycles. The molecule has 0 aliphatic heterocycles. The Balaban J connectivity index is 1.78. The number of benzene rings is 2. The molecule has 1 aromatic heterocycles. The minimum absolute atomic E-state index is 0.00587. The van der Waals surface area contributed by atoms with Crippen LogP contribution in [0.5, 0.6) is 5.75 Å². The third-order valence-corrected chi connectivity index (χ3v) is 3.15. The maximum atomic E-state index is 13.7. The zero-order valence-electron chi connectivity index (χ0n) is 11.2. The zero-order valence-corrected chi connectivity index (χ0v) is 11.2. The van der Waals surface area contributed by atoms with Gasteiger partial charge in [-0.05, 0) is 24.1 Å². The third-order valence-electron chi connectivity index (χ3n) is 3.15. The van der Waals surface area contributed by atoms with E-state index in [9.17, 15) is 9.50 Å². The molecular formula is C16H13FN2O2. The molecule has 0 unspecified atom stereocenters. The predicted octanol–water partition coefficient (Wildman–Crippen LogP) is 3.37. The molecule has 0 fully saturated rings. The number of hydrogen-bond acceptors (Lipinski definition) is 4. The molecule has 0 aliphatic rings. The lowest BCUT2D eigenvalue weighted by Gasteiger charge is -1.99.